The van der Waals surface area contributed by atoms with Crippen LogP contribution in [0.2, 0.25) is 5.02 Å². The normalized spacial score (nSPS) is 10.9. The fourth-order valence-electron chi connectivity index (χ4n) is 1.79. The van der Waals surface area contributed by atoms with Gasteiger partial charge in [0.2, 0.25) is 0 Å². The van der Waals surface area contributed by atoms with Gasteiger partial charge in [0, 0.05) is 17.2 Å². The van der Waals surface area contributed by atoms with Gasteiger partial charge in [-0.05, 0) is 17.7 Å². The number of hydrogen-bond acceptors (Lipinski definition) is 3. The number of benzene rings is 1. The molecule has 2 aromatic heterocycles. The minimum atomic E-state index is -0.238. The predicted octanol–water partition coefficient (Wildman–Crippen LogP) is 1.93. The molecule has 0 radical (unpaired) electrons. The minimum Gasteiger partial charge on any atom is -0.383 e. The number of fused-ring (bicyclic) bond motifs is 1. The summed E-state index contributed by atoms with van der Waals surface area (Å²) in [6.07, 6.45) is 0. The lowest BCUT2D eigenvalue weighted by Crippen LogP contribution is -2.14. The second-order valence-corrected chi connectivity index (χ2v) is 4.33. The molecule has 0 bridgehead atoms. The molecule has 0 aliphatic carbocycles. The molecule has 2 heterocycles. The number of rotatable bonds is 1. The quantitative estimate of drug-likeness (QED) is 0.702. The molecular weight excluding hydrogens is 252 g/mol. The number of aromatic amines is 1. The van der Waals surface area contributed by atoms with Crippen molar-refractivity contribution >= 4 is 23.1 Å². The van der Waals surface area contributed by atoms with Gasteiger partial charge in [-0.25, -0.2) is 9.50 Å². The summed E-state index contributed by atoms with van der Waals surface area (Å²) in [6.45, 7) is 0. The summed E-state index contributed by atoms with van der Waals surface area (Å²) in [5.74, 6) is 0.210. The highest BCUT2D eigenvalue weighted by Gasteiger charge is 2.06. The van der Waals surface area contributed by atoms with E-state index in [1.165, 1.54) is 10.6 Å². The summed E-state index contributed by atoms with van der Waals surface area (Å²) in [7, 11) is 0. The van der Waals surface area contributed by atoms with Crippen LogP contribution in [0.25, 0.3) is 16.9 Å². The van der Waals surface area contributed by atoms with Crippen molar-refractivity contribution in [1.29, 1.82) is 0 Å². The first-order valence-corrected chi connectivity index (χ1v) is 5.65. The van der Waals surface area contributed by atoms with Gasteiger partial charge in [0.1, 0.15) is 5.82 Å². The number of nitrogens with zero attached hydrogens (tertiary/aromatic N) is 2. The van der Waals surface area contributed by atoms with Crippen LogP contribution in [0.15, 0.2) is 41.2 Å². The average Bonchev–Trinajstić information content (AvgIpc) is 2.74. The van der Waals surface area contributed by atoms with E-state index in [-0.39, 0.29) is 11.4 Å². The number of nitrogen functional groups attached to an aromatic ring is 1. The molecule has 3 rings (SSSR count). The topological polar surface area (TPSA) is 76.2 Å². The molecule has 0 amide bonds. The smallest absolute Gasteiger partial charge is 0.274 e. The van der Waals surface area contributed by atoms with E-state index in [9.17, 15) is 4.79 Å². The molecule has 0 saturated carbocycles. The predicted molar refractivity (Wildman–Crippen MR) is 70.7 cm³/mol. The van der Waals surface area contributed by atoms with Crippen molar-refractivity contribution in [3.63, 3.8) is 0 Å². The van der Waals surface area contributed by atoms with Gasteiger partial charge in [0.25, 0.3) is 5.56 Å². The Morgan fingerprint density at radius 1 is 1.22 bits per heavy atom. The Bertz CT molecular complexity index is 773. The zero-order chi connectivity index (χ0) is 12.7. The summed E-state index contributed by atoms with van der Waals surface area (Å²) in [5.41, 5.74) is 7.49. The fourth-order valence-corrected chi connectivity index (χ4v) is 1.91. The van der Waals surface area contributed by atoms with Crippen LogP contribution >= 0.6 is 11.6 Å². The van der Waals surface area contributed by atoms with Gasteiger partial charge < -0.3 is 5.73 Å². The van der Waals surface area contributed by atoms with E-state index in [4.69, 9.17) is 17.3 Å². The lowest BCUT2D eigenvalue weighted by molar-refractivity contribution is 0.905. The maximum atomic E-state index is 11.7. The molecule has 18 heavy (non-hydrogen) atoms. The molecule has 0 fully saturated rings. The molecule has 5 nitrogen and oxygen atoms in total. The van der Waals surface area contributed by atoms with Gasteiger partial charge in [0.05, 0.1) is 5.69 Å². The molecule has 0 atom stereocenters. The highest BCUT2D eigenvalue weighted by Crippen LogP contribution is 2.20. The molecule has 0 aliphatic rings. The number of hydrogen-bond donors (Lipinski definition) is 2. The van der Waals surface area contributed by atoms with E-state index in [1.807, 2.05) is 12.1 Å². The maximum Gasteiger partial charge on any atom is 0.274 e. The van der Waals surface area contributed by atoms with Gasteiger partial charge in [0.15, 0.2) is 5.65 Å². The van der Waals surface area contributed by atoms with E-state index in [0.29, 0.717) is 10.7 Å². The Hall–Kier alpha value is -2.27. The number of nitrogens with one attached hydrogen (secondary N) is 1. The monoisotopic (exact) mass is 260 g/mol. The van der Waals surface area contributed by atoms with Crippen molar-refractivity contribution in [3.05, 3.63) is 51.8 Å². The van der Waals surface area contributed by atoms with Crippen LogP contribution in [0.4, 0.5) is 5.82 Å². The standard InChI is InChI=1S/C12H9ClN4O/c13-8-3-1-7(2-4-8)9-5-11-15-10(14)6-12(18)17(11)16-9/h1-6,16H,14H2. The zero-order valence-corrected chi connectivity index (χ0v) is 9.98. The Kier molecular flexibility index (Phi) is 2.34. The van der Waals surface area contributed by atoms with E-state index in [0.717, 1.165) is 11.3 Å². The number of anilines is 1. The van der Waals surface area contributed by atoms with Crippen LogP contribution in [0.1, 0.15) is 0 Å². The van der Waals surface area contributed by atoms with Crippen LogP contribution < -0.4 is 11.3 Å². The Labute approximate surface area is 107 Å². The molecule has 6 heteroatoms. The van der Waals surface area contributed by atoms with Crippen LogP contribution in [-0.4, -0.2) is 14.6 Å². The molecule has 90 valence electrons. The number of H-pyrrole nitrogens is 1. The SMILES string of the molecule is Nc1cc(=O)n2[nH]c(-c3ccc(Cl)cc3)cc2n1. The second-order valence-electron chi connectivity index (χ2n) is 3.89. The zero-order valence-electron chi connectivity index (χ0n) is 9.22. The molecule has 3 aromatic rings. The Morgan fingerprint density at radius 2 is 1.94 bits per heavy atom. The van der Waals surface area contributed by atoms with Crippen molar-refractivity contribution in [2.24, 2.45) is 0 Å². The first-order valence-electron chi connectivity index (χ1n) is 5.28. The van der Waals surface area contributed by atoms with E-state index in [1.54, 1.807) is 18.2 Å². The van der Waals surface area contributed by atoms with Crippen molar-refractivity contribution in [2.45, 2.75) is 0 Å². The van der Waals surface area contributed by atoms with Gasteiger partial charge in [-0.3, -0.25) is 9.89 Å². The third-order valence-corrected chi connectivity index (χ3v) is 2.88. The van der Waals surface area contributed by atoms with Gasteiger partial charge in [-0.1, -0.05) is 23.7 Å². The van der Waals surface area contributed by atoms with Gasteiger partial charge >= 0.3 is 0 Å². The molecule has 3 N–H and O–H groups in total. The second kappa shape index (κ2) is 3.89. The molecular formula is C12H9ClN4O. The van der Waals surface area contributed by atoms with Crippen LogP contribution in [0.5, 0.6) is 0 Å². The van der Waals surface area contributed by atoms with Gasteiger partial charge in [-0.15, -0.1) is 0 Å². The Morgan fingerprint density at radius 3 is 2.67 bits per heavy atom. The maximum absolute atomic E-state index is 11.7. The third kappa shape index (κ3) is 1.74. The number of aromatic nitrogens is 3. The molecule has 0 unspecified atom stereocenters. The van der Waals surface area contributed by atoms with E-state index >= 15 is 0 Å². The lowest BCUT2D eigenvalue weighted by atomic mass is 10.2. The third-order valence-electron chi connectivity index (χ3n) is 2.63. The highest BCUT2D eigenvalue weighted by molar-refractivity contribution is 6.30. The molecule has 1 aromatic carbocycles. The van der Waals surface area contributed by atoms with Crippen molar-refractivity contribution in [3.8, 4) is 11.3 Å². The molecule has 0 aliphatic heterocycles. The van der Waals surface area contributed by atoms with E-state index in [2.05, 4.69) is 10.1 Å². The van der Waals surface area contributed by atoms with Crippen LogP contribution in [0, 0.1) is 0 Å². The molecule has 0 saturated heterocycles. The highest BCUT2D eigenvalue weighted by atomic mass is 35.5. The van der Waals surface area contributed by atoms with Crippen LogP contribution in [0.3, 0.4) is 0 Å². The average molecular weight is 261 g/mol. The number of nitrogens with two attached hydrogens (primary N) is 1. The fraction of sp³-hybridized carbons (Fsp3) is 0. The van der Waals surface area contributed by atoms with Crippen molar-refractivity contribution in [1.82, 2.24) is 14.6 Å². The summed E-state index contributed by atoms with van der Waals surface area (Å²) >= 11 is 5.83. The number of halogens is 1. The first kappa shape index (κ1) is 10.9. The van der Waals surface area contributed by atoms with Crippen molar-refractivity contribution in [2.75, 3.05) is 5.73 Å². The summed E-state index contributed by atoms with van der Waals surface area (Å²) < 4.78 is 1.35. The lowest BCUT2D eigenvalue weighted by Gasteiger charge is -1.96. The molecule has 0 spiro atoms. The Balaban J connectivity index is 2.22. The van der Waals surface area contributed by atoms with Gasteiger partial charge in [-0.2, -0.15) is 0 Å². The summed E-state index contributed by atoms with van der Waals surface area (Å²) in [4.78, 5) is 15.8. The van der Waals surface area contributed by atoms with Crippen LogP contribution in [-0.2, 0) is 0 Å². The first-order chi connectivity index (χ1) is 8.63. The summed E-state index contributed by atoms with van der Waals surface area (Å²) in [6, 6.07) is 10.3. The van der Waals surface area contributed by atoms with Crippen molar-refractivity contribution < 1.29 is 0 Å². The minimum absolute atomic E-state index is 0.210. The van der Waals surface area contributed by atoms with E-state index < -0.39 is 0 Å². The summed E-state index contributed by atoms with van der Waals surface area (Å²) in [5, 5.41) is 3.63. The largest absolute Gasteiger partial charge is 0.383 e.